The summed E-state index contributed by atoms with van der Waals surface area (Å²) >= 11 is 0. The molecule has 2 aromatic carbocycles. The maximum absolute atomic E-state index is 14.9. The van der Waals surface area contributed by atoms with Crippen LogP contribution in [0.2, 0.25) is 0 Å². The normalized spacial score (nSPS) is 23.3. The lowest BCUT2D eigenvalue weighted by molar-refractivity contribution is -0.183. The van der Waals surface area contributed by atoms with Crippen molar-refractivity contribution in [2.24, 2.45) is 5.92 Å². The number of allylic oxidation sites excluding steroid dienone is 2. The van der Waals surface area contributed by atoms with Gasteiger partial charge in [0, 0.05) is 11.5 Å². The van der Waals surface area contributed by atoms with Gasteiger partial charge >= 0.3 is 6.18 Å². The minimum Gasteiger partial charge on any atom is -0.348 e. The van der Waals surface area contributed by atoms with Crippen molar-refractivity contribution >= 4 is 0 Å². The lowest BCUT2D eigenvalue weighted by atomic mass is 9.77. The summed E-state index contributed by atoms with van der Waals surface area (Å²) in [4.78, 5) is 0. The van der Waals surface area contributed by atoms with Gasteiger partial charge in [0.15, 0.2) is 6.29 Å². The summed E-state index contributed by atoms with van der Waals surface area (Å²) in [5, 5.41) is 0. The lowest BCUT2D eigenvalue weighted by Gasteiger charge is -2.28. The third-order valence-electron chi connectivity index (χ3n) is 6.20. The van der Waals surface area contributed by atoms with Crippen molar-refractivity contribution in [1.82, 2.24) is 0 Å². The molecule has 1 saturated heterocycles. The van der Waals surface area contributed by atoms with E-state index in [1.165, 1.54) is 6.07 Å². The first-order valence-electron chi connectivity index (χ1n) is 10.9. The van der Waals surface area contributed by atoms with Crippen molar-refractivity contribution in [3.8, 4) is 11.1 Å². The third-order valence-corrected chi connectivity index (χ3v) is 6.20. The Labute approximate surface area is 184 Å². The molecule has 2 fully saturated rings. The second-order valence-corrected chi connectivity index (χ2v) is 8.40. The second kappa shape index (κ2) is 9.71. The van der Waals surface area contributed by atoms with Gasteiger partial charge in [-0.25, -0.2) is 8.78 Å². The Morgan fingerprint density at radius 1 is 0.875 bits per heavy atom. The number of alkyl halides is 3. The number of hydrogen-bond acceptors (Lipinski definition) is 2. The number of halogens is 5. The molecule has 1 saturated carbocycles. The van der Waals surface area contributed by atoms with E-state index in [-0.39, 0.29) is 36.9 Å². The van der Waals surface area contributed by atoms with Gasteiger partial charge in [-0.15, -0.1) is 0 Å². The standard InChI is InChI=1S/C25H25F5O2/c26-22-14-20(16-2-8-19(9-3-16)24-31-12-1-13-32-24)10-11-21(22)17-4-6-18(7-5-17)23(27)15-25(28,29)30/h2-3,8-11,14-15,17-18,24H,1,4-7,12-13H2/b23-15-. The first-order valence-corrected chi connectivity index (χ1v) is 10.9. The Bertz CT molecular complexity index is 938. The van der Waals surface area contributed by atoms with Crippen LogP contribution in [0.5, 0.6) is 0 Å². The maximum atomic E-state index is 14.9. The predicted octanol–water partition coefficient (Wildman–Crippen LogP) is 7.62. The number of hydrogen-bond donors (Lipinski definition) is 0. The van der Waals surface area contributed by atoms with Crippen LogP contribution in [-0.2, 0) is 9.47 Å². The first-order chi connectivity index (χ1) is 15.3. The van der Waals surface area contributed by atoms with E-state index in [0.29, 0.717) is 31.6 Å². The Kier molecular flexibility index (Phi) is 6.96. The molecule has 0 N–H and O–H groups in total. The van der Waals surface area contributed by atoms with E-state index in [2.05, 4.69) is 0 Å². The third kappa shape index (κ3) is 5.56. The van der Waals surface area contributed by atoms with Crippen LogP contribution >= 0.6 is 0 Å². The van der Waals surface area contributed by atoms with Gasteiger partial charge in [0.05, 0.1) is 19.3 Å². The Morgan fingerprint density at radius 2 is 1.50 bits per heavy atom. The highest BCUT2D eigenvalue weighted by atomic mass is 19.4. The minimum absolute atomic E-state index is 0.123. The predicted molar refractivity (Wildman–Crippen MR) is 111 cm³/mol. The van der Waals surface area contributed by atoms with Crippen LogP contribution in [0.15, 0.2) is 54.4 Å². The molecule has 7 heteroatoms. The van der Waals surface area contributed by atoms with Crippen LogP contribution < -0.4 is 0 Å². The van der Waals surface area contributed by atoms with Gasteiger partial charge in [-0.2, -0.15) is 13.2 Å². The number of benzene rings is 2. The molecule has 0 spiro atoms. The fourth-order valence-electron chi connectivity index (χ4n) is 4.51. The summed E-state index contributed by atoms with van der Waals surface area (Å²) in [6.45, 7) is 1.32. The summed E-state index contributed by atoms with van der Waals surface area (Å²) in [6.07, 6.45) is -2.95. The zero-order valence-electron chi connectivity index (χ0n) is 17.5. The summed E-state index contributed by atoms with van der Waals surface area (Å²) in [5.41, 5.74) is 3.04. The highest BCUT2D eigenvalue weighted by Crippen LogP contribution is 2.41. The smallest absolute Gasteiger partial charge is 0.348 e. The molecular formula is C25H25F5O2. The van der Waals surface area contributed by atoms with Gasteiger partial charge in [0.25, 0.3) is 0 Å². The van der Waals surface area contributed by atoms with Gasteiger partial charge in [-0.05, 0) is 60.8 Å². The molecule has 4 rings (SSSR count). The summed E-state index contributed by atoms with van der Waals surface area (Å²) in [5.74, 6) is -2.34. The maximum Gasteiger partial charge on any atom is 0.412 e. The molecular weight excluding hydrogens is 427 g/mol. The molecule has 0 unspecified atom stereocenters. The van der Waals surface area contributed by atoms with Crippen molar-refractivity contribution in [2.75, 3.05) is 13.2 Å². The van der Waals surface area contributed by atoms with Crippen LogP contribution in [0, 0.1) is 11.7 Å². The monoisotopic (exact) mass is 452 g/mol. The van der Waals surface area contributed by atoms with E-state index in [9.17, 15) is 22.0 Å². The van der Waals surface area contributed by atoms with Crippen LogP contribution in [-0.4, -0.2) is 19.4 Å². The zero-order valence-corrected chi connectivity index (χ0v) is 17.5. The van der Waals surface area contributed by atoms with Crippen molar-refractivity contribution in [3.05, 3.63) is 71.3 Å². The Morgan fingerprint density at radius 3 is 2.09 bits per heavy atom. The number of ether oxygens (including phenoxy) is 2. The van der Waals surface area contributed by atoms with Crippen molar-refractivity contribution < 1.29 is 31.4 Å². The van der Waals surface area contributed by atoms with E-state index < -0.39 is 17.9 Å². The van der Waals surface area contributed by atoms with Crippen LogP contribution in [0.4, 0.5) is 22.0 Å². The molecule has 0 atom stereocenters. The molecule has 0 bridgehead atoms. The average Bonchev–Trinajstić information content (AvgIpc) is 2.79. The highest BCUT2D eigenvalue weighted by Gasteiger charge is 2.31. The molecule has 172 valence electrons. The molecule has 2 aliphatic rings. The van der Waals surface area contributed by atoms with Crippen molar-refractivity contribution in [1.29, 1.82) is 0 Å². The second-order valence-electron chi connectivity index (χ2n) is 8.40. The molecule has 2 aromatic rings. The summed E-state index contributed by atoms with van der Waals surface area (Å²) < 4.78 is 77.0. The largest absolute Gasteiger partial charge is 0.412 e. The van der Waals surface area contributed by atoms with E-state index in [4.69, 9.17) is 9.47 Å². The van der Waals surface area contributed by atoms with E-state index in [1.807, 2.05) is 30.3 Å². The molecule has 1 heterocycles. The lowest BCUT2D eigenvalue weighted by Crippen LogP contribution is -2.17. The summed E-state index contributed by atoms with van der Waals surface area (Å²) in [7, 11) is 0. The van der Waals surface area contributed by atoms with Crippen LogP contribution in [0.1, 0.15) is 55.4 Å². The molecule has 0 amide bonds. The van der Waals surface area contributed by atoms with Gasteiger partial charge in [-0.3, -0.25) is 0 Å². The molecule has 0 radical (unpaired) electrons. The van der Waals surface area contributed by atoms with E-state index in [0.717, 1.165) is 23.1 Å². The highest BCUT2D eigenvalue weighted by molar-refractivity contribution is 5.64. The molecule has 0 aromatic heterocycles. The Hall–Kier alpha value is -2.25. The summed E-state index contributed by atoms with van der Waals surface area (Å²) in [6, 6.07) is 12.7. The average molecular weight is 452 g/mol. The van der Waals surface area contributed by atoms with Crippen molar-refractivity contribution in [3.63, 3.8) is 0 Å². The van der Waals surface area contributed by atoms with Crippen molar-refractivity contribution in [2.45, 2.75) is 50.5 Å². The molecule has 2 nitrogen and oxygen atoms in total. The Balaban J connectivity index is 1.41. The fourth-order valence-corrected chi connectivity index (χ4v) is 4.51. The zero-order chi connectivity index (χ0) is 22.7. The van der Waals surface area contributed by atoms with Crippen LogP contribution in [0.3, 0.4) is 0 Å². The number of rotatable bonds is 4. The molecule has 1 aliphatic heterocycles. The quantitative estimate of drug-likeness (QED) is 0.444. The topological polar surface area (TPSA) is 18.5 Å². The molecule has 1 aliphatic carbocycles. The van der Waals surface area contributed by atoms with Gasteiger partial charge in [0.1, 0.15) is 11.6 Å². The van der Waals surface area contributed by atoms with E-state index >= 15 is 0 Å². The SMILES string of the molecule is F/C(=C\C(F)(F)F)C1CCC(c2ccc(-c3ccc(C4OCCCO4)cc3)cc2F)CC1. The van der Waals surface area contributed by atoms with Gasteiger partial charge in [0.2, 0.25) is 0 Å². The molecule has 32 heavy (non-hydrogen) atoms. The fraction of sp³-hybridized carbons (Fsp3) is 0.440. The first kappa shape index (κ1) is 22.9. The minimum atomic E-state index is -4.66. The van der Waals surface area contributed by atoms with Gasteiger partial charge < -0.3 is 9.47 Å². The van der Waals surface area contributed by atoms with Gasteiger partial charge in [-0.1, -0.05) is 36.4 Å². The van der Waals surface area contributed by atoms with E-state index in [1.54, 1.807) is 6.07 Å². The van der Waals surface area contributed by atoms with Crippen LogP contribution in [0.25, 0.3) is 11.1 Å².